The predicted molar refractivity (Wildman–Crippen MR) is 180 cm³/mol. The number of aliphatic hydroxyl groups excluding tert-OH is 1. The Bertz CT molecular complexity index is 1780. The maximum absolute atomic E-state index is 14.4. The van der Waals surface area contributed by atoms with Crippen molar-refractivity contribution in [2.24, 2.45) is 5.16 Å². The summed E-state index contributed by atoms with van der Waals surface area (Å²) in [4.78, 5) is 25.8. The second-order valence-corrected chi connectivity index (χ2v) is 13.2. The number of benzene rings is 2. The number of aliphatic hydroxyl groups is 2. The maximum atomic E-state index is 14.4. The molecule has 2 aliphatic rings. The van der Waals surface area contributed by atoms with E-state index in [1.807, 2.05) is 47.2 Å². The zero-order valence-electron chi connectivity index (χ0n) is 28.0. The van der Waals surface area contributed by atoms with Crippen LogP contribution in [0.1, 0.15) is 95.1 Å². The number of rotatable bonds is 11. The van der Waals surface area contributed by atoms with E-state index in [2.05, 4.69) is 46.4 Å². The number of ether oxygens (including phenoxy) is 1. The Morgan fingerprint density at radius 2 is 1.74 bits per heavy atom. The zero-order chi connectivity index (χ0) is 33.3. The number of hydrogen-bond acceptors (Lipinski definition) is 9. The minimum Gasteiger partial charge on any atom is -0.388 e. The molecule has 1 aliphatic carbocycles. The van der Waals surface area contributed by atoms with Crippen LogP contribution < -0.4 is 5.56 Å². The zero-order valence-corrected chi connectivity index (χ0v) is 28.0. The highest BCUT2D eigenvalue weighted by molar-refractivity contribution is 6.04. The van der Waals surface area contributed by atoms with E-state index in [1.165, 1.54) is 0 Å². The van der Waals surface area contributed by atoms with Crippen molar-refractivity contribution in [2.75, 3.05) is 6.54 Å². The fraction of sp³-hybridized carbons (Fsp3) is 0.500. The van der Waals surface area contributed by atoms with Gasteiger partial charge in [0.15, 0.2) is 5.84 Å². The lowest BCUT2D eigenvalue weighted by Gasteiger charge is -2.35. The summed E-state index contributed by atoms with van der Waals surface area (Å²) in [6.45, 7) is 10.1. The molecule has 0 bridgehead atoms. The second-order valence-electron chi connectivity index (χ2n) is 13.2. The summed E-state index contributed by atoms with van der Waals surface area (Å²) in [6.07, 6.45) is 5.46. The molecule has 6 rings (SSSR count). The van der Waals surface area contributed by atoms with E-state index in [9.17, 15) is 15.0 Å². The molecular formula is C36H46N6O5. The van der Waals surface area contributed by atoms with Crippen LogP contribution in [0.15, 0.2) is 64.8 Å². The largest absolute Gasteiger partial charge is 0.388 e. The summed E-state index contributed by atoms with van der Waals surface area (Å²) in [5.74, 6) is 1.19. The molecule has 3 heterocycles. The van der Waals surface area contributed by atoms with Gasteiger partial charge in [0.2, 0.25) is 5.78 Å². The third-order valence-corrected chi connectivity index (χ3v) is 9.64. The van der Waals surface area contributed by atoms with Gasteiger partial charge in [-0.05, 0) is 76.5 Å². The van der Waals surface area contributed by atoms with Gasteiger partial charge < -0.3 is 19.8 Å². The number of aromatic nitrogens is 4. The van der Waals surface area contributed by atoms with Gasteiger partial charge >= 0.3 is 6.41 Å². The van der Waals surface area contributed by atoms with Crippen LogP contribution >= 0.6 is 0 Å². The Labute approximate surface area is 275 Å². The van der Waals surface area contributed by atoms with Gasteiger partial charge in [0.25, 0.3) is 5.56 Å². The van der Waals surface area contributed by atoms with Crippen molar-refractivity contribution >= 4 is 11.6 Å². The van der Waals surface area contributed by atoms with E-state index in [4.69, 9.17) is 9.57 Å². The molecule has 1 saturated carbocycles. The highest BCUT2D eigenvalue weighted by atomic mass is 16.7. The summed E-state index contributed by atoms with van der Waals surface area (Å²) in [5.41, 5.74) is 4.61. The van der Waals surface area contributed by atoms with E-state index < -0.39 is 12.0 Å². The number of oxime groups is 1. The Hall–Kier alpha value is -4.06. The minimum atomic E-state index is -1.10. The molecule has 250 valence electrons. The summed E-state index contributed by atoms with van der Waals surface area (Å²) in [7, 11) is 0. The smallest absolute Gasteiger partial charge is 0.307 e. The third kappa shape index (κ3) is 6.57. The molecule has 2 aromatic heterocycles. The van der Waals surface area contributed by atoms with Gasteiger partial charge in [0.1, 0.15) is 6.33 Å². The lowest BCUT2D eigenvalue weighted by atomic mass is 9.91. The number of amidine groups is 1. The van der Waals surface area contributed by atoms with Gasteiger partial charge in [-0.15, -0.1) is 0 Å². The molecule has 0 spiro atoms. The van der Waals surface area contributed by atoms with E-state index in [1.54, 1.807) is 25.1 Å². The fourth-order valence-electron chi connectivity index (χ4n) is 6.73. The quantitative estimate of drug-likeness (QED) is 0.233. The van der Waals surface area contributed by atoms with Crippen LogP contribution in [0.3, 0.4) is 0 Å². The Kier molecular flexibility index (Phi) is 9.50. The van der Waals surface area contributed by atoms with Crippen LogP contribution in [-0.2, 0) is 22.4 Å². The molecule has 2 unspecified atom stereocenters. The van der Waals surface area contributed by atoms with Crippen molar-refractivity contribution < 1.29 is 19.8 Å². The van der Waals surface area contributed by atoms with Crippen LogP contribution in [0.2, 0.25) is 0 Å². The highest BCUT2D eigenvalue weighted by Gasteiger charge is 2.32. The molecular weight excluding hydrogens is 596 g/mol. The fourth-order valence-corrected chi connectivity index (χ4v) is 6.73. The van der Waals surface area contributed by atoms with Crippen molar-refractivity contribution in [1.29, 1.82) is 0 Å². The average molecular weight is 643 g/mol. The molecule has 11 nitrogen and oxygen atoms in total. The summed E-state index contributed by atoms with van der Waals surface area (Å²) < 4.78 is 9.92. The molecule has 2 N–H and O–H groups in total. The third-order valence-electron chi connectivity index (χ3n) is 9.64. The number of fused-ring (bicyclic) bond motifs is 1. The monoisotopic (exact) mass is 642 g/mol. The van der Waals surface area contributed by atoms with Crippen LogP contribution in [-0.4, -0.2) is 70.9 Å². The van der Waals surface area contributed by atoms with Crippen LogP contribution in [0, 0.1) is 0 Å². The van der Waals surface area contributed by atoms with Gasteiger partial charge in [-0.1, -0.05) is 67.0 Å². The van der Waals surface area contributed by atoms with Crippen LogP contribution in [0.25, 0.3) is 16.9 Å². The van der Waals surface area contributed by atoms with Crippen molar-refractivity contribution in [3.05, 3.63) is 87.6 Å². The van der Waals surface area contributed by atoms with Gasteiger partial charge in [0, 0.05) is 30.1 Å². The first-order chi connectivity index (χ1) is 22.6. The van der Waals surface area contributed by atoms with E-state index in [0.717, 1.165) is 72.0 Å². The average Bonchev–Trinajstić information content (AvgIpc) is 3.70. The molecule has 1 aliphatic heterocycles. The highest BCUT2D eigenvalue weighted by Crippen LogP contribution is 2.33. The predicted octanol–water partition coefficient (Wildman–Crippen LogP) is 5.05. The number of hydrogen-bond donors (Lipinski definition) is 2. The Morgan fingerprint density at radius 3 is 2.40 bits per heavy atom. The van der Waals surface area contributed by atoms with Gasteiger partial charge in [-0.3, -0.25) is 14.3 Å². The SMILES string of the molecule is CCCc1c(Cc2ccc(-c3ccccc3C3=NOC(O)N3CC)cc2)c(=O)n(C2CCC(OC(C)C(C)(C)O)CC2)c2ncnn12. The molecule has 2 aromatic carbocycles. The normalized spacial score (nSPS) is 20.8. The number of aryl methyl sites for hydroxylation is 1. The molecule has 0 radical (unpaired) electrons. The standard InChI is InChI=1S/C36H46N6O5/c1-6-10-31-30(21-24-13-15-25(16-14-24)28-11-8-9-12-29(28)32-39-47-35(44)40(32)7-2)33(43)41(34-37-22-38-42(31)34)26-17-19-27(20-18-26)46-23(3)36(4,5)45/h8-9,11-16,22-23,26-27,35,44-45H,6-7,10,17-21H2,1-5H3. The summed E-state index contributed by atoms with van der Waals surface area (Å²) in [5, 5.41) is 29.3. The van der Waals surface area contributed by atoms with Crippen molar-refractivity contribution in [3.8, 4) is 11.1 Å². The van der Waals surface area contributed by atoms with E-state index in [0.29, 0.717) is 24.6 Å². The molecule has 0 saturated heterocycles. The Morgan fingerprint density at radius 1 is 1.04 bits per heavy atom. The molecule has 0 amide bonds. The first kappa shape index (κ1) is 32.9. The van der Waals surface area contributed by atoms with Crippen molar-refractivity contribution in [2.45, 2.75) is 110 Å². The molecule has 11 heteroatoms. The first-order valence-corrected chi connectivity index (χ1v) is 16.8. The number of nitrogens with zero attached hydrogens (tertiary/aromatic N) is 6. The maximum Gasteiger partial charge on any atom is 0.307 e. The van der Waals surface area contributed by atoms with Crippen LogP contribution in [0.5, 0.6) is 0 Å². The molecule has 4 aromatic rings. The lowest BCUT2D eigenvalue weighted by Crippen LogP contribution is -2.40. The first-order valence-electron chi connectivity index (χ1n) is 16.8. The molecule has 1 fully saturated rings. The molecule has 47 heavy (non-hydrogen) atoms. The summed E-state index contributed by atoms with van der Waals surface area (Å²) in [6, 6.07) is 16.2. The van der Waals surface area contributed by atoms with E-state index in [-0.39, 0.29) is 23.8 Å². The second kappa shape index (κ2) is 13.6. The van der Waals surface area contributed by atoms with E-state index >= 15 is 0 Å². The van der Waals surface area contributed by atoms with Gasteiger partial charge in [-0.2, -0.15) is 10.1 Å². The van der Waals surface area contributed by atoms with Gasteiger partial charge in [-0.25, -0.2) is 4.52 Å². The van der Waals surface area contributed by atoms with Crippen LogP contribution in [0.4, 0.5) is 0 Å². The van der Waals surface area contributed by atoms with Gasteiger partial charge in [0.05, 0.1) is 23.5 Å². The topological polar surface area (TPSA) is 127 Å². The summed E-state index contributed by atoms with van der Waals surface area (Å²) >= 11 is 0. The van der Waals surface area contributed by atoms with Crippen molar-refractivity contribution in [3.63, 3.8) is 0 Å². The Balaban J connectivity index is 1.29. The van der Waals surface area contributed by atoms with Crippen molar-refractivity contribution in [1.82, 2.24) is 24.1 Å². The lowest BCUT2D eigenvalue weighted by molar-refractivity contribution is -0.143. The molecule has 2 atom stereocenters. The minimum absolute atomic E-state index is 0.00457.